The van der Waals surface area contributed by atoms with Crippen molar-refractivity contribution in [2.75, 3.05) is 27.7 Å². The van der Waals surface area contributed by atoms with Crippen LogP contribution >= 0.6 is 11.6 Å². The summed E-state index contributed by atoms with van der Waals surface area (Å²) >= 11 is 5.99. The molecular formula is C22H29ClN4O. The van der Waals surface area contributed by atoms with Gasteiger partial charge in [0, 0.05) is 50.2 Å². The molecular weight excluding hydrogens is 372 g/mol. The Labute approximate surface area is 172 Å². The van der Waals surface area contributed by atoms with E-state index in [0.717, 1.165) is 23.1 Å². The number of amides is 1. The Morgan fingerprint density at radius 2 is 1.64 bits per heavy atom. The Morgan fingerprint density at radius 3 is 2.18 bits per heavy atom. The predicted molar refractivity (Wildman–Crippen MR) is 117 cm³/mol. The molecule has 2 rings (SSSR count). The van der Waals surface area contributed by atoms with Crippen LogP contribution in [0, 0.1) is 0 Å². The van der Waals surface area contributed by atoms with Crippen molar-refractivity contribution in [3.63, 3.8) is 0 Å². The first-order chi connectivity index (χ1) is 13.2. The Hall–Kier alpha value is -2.53. The quantitative estimate of drug-likeness (QED) is 0.574. The Morgan fingerprint density at radius 1 is 1.04 bits per heavy atom. The average molecular weight is 401 g/mol. The SMILES string of the molecule is CN=C(NCc1ccc(C(=O)N(C)C)cc1)NCC(C)(C)c1ccc(Cl)cc1. The second kappa shape index (κ2) is 9.60. The van der Waals surface area contributed by atoms with Gasteiger partial charge in [-0.25, -0.2) is 0 Å². The summed E-state index contributed by atoms with van der Waals surface area (Å²) in [5, 5.41) is 7.43. The third-order valence-electron chi connectivity index (χ3n) is 4.61. The number of guanidine groups is 1. The number of hydrogen-bond donors (Lipinski definition) is 2. The number of nitrogens with zero attached hydrogens (tertiary/aromatic N) is 2. The summed E-state index contributed by atoms with van der Waals surface area (Å²) in [4.78, 5) is 17.8. The fourth-order valence-electron chi connectivity index (χ4n) is 2.74. The molecule has 0 bridgehead atoms. The third kappa shape index (κ3) is 5.99. The van der Waals surface area contributed by atoms with Gasteiger partial charge in [-0.3, -0.25) is 9.79 Å². The van der Waals surface area contributed by atoms with Gasteiger partial charge in [-0.1, -0.05) is 49.7 Å². The fraction of sp³-hybridized carbons (Fsp3) is 0.364. The van der Waals surface area contributed by atoms with Gasteiger partial charge in [0.2, 0.25) is 0 Å². The van der Waals surface area contributed by atoms with Crippen LogP contribution in [0.1, 0.15) is 35.3 Å². The minimum atomic E-state index is -0.0730. The predicted octanol–water partition coefficient (Wildman–Crippen LogP) is 3.68. The van der Waals surface area contributed by atoms with Crippen molar-refractivity contribution in [3.8, 4) is 0 Å². The number of hydrogen-bond acceptors (Lipinski definition) is 2. The molecule has 0 aliphatic carbocycles. The minimum absolute atomic E-state index is 0.00131. The zero-order chi connectivity index (χ0) is 20.7. The van der Waals surface area contributed by atoms with E-state index in [1.807, 2.05) is 36.4 Å². The Bertz CT molecular complexity index is 811. The lowest BCUT2D eigenvalue weighted by molar-refractivity contribution is 0.0827. The van der Waals surface area contributed by atoms with Gasteiger partial charge in [0.05, 0.1) is 0 Å². The highest BCUT2D eigenvalue weighted by molar-refractivity contribution is 6.30. The molecule has 0 heterocycles. The first-order valence-electron chi connectivity index (χ1n) is 9.24. The number of halogens is 1. The first kappa shape index (κ1) is 21.8. The highest BCUT2D eigenvalue weighted by atomic mass is 35.5. The second-order valence-electron chi connectivity index (χ2n) is 7.57. The Balaban J connectivity index is 1.90. The number of carbonyl (C=O) groups is 1. The molecule has 0 radical (unpaired) electrons. The first-order valence-corrected chi connectivity index (χ1v) is 9.62. The van der Waals surface area contributed by atoms with E-state index in [-0.39, 0.29) is 11.3 Å². The normalized spacial score (nSPS) is 11.9. The average Bonchev–Trinajstić information content (AvgIpc) is 2.68. The molecule has 2 aromatic carbocycles. The van der Waals surface area contributed by atoms with Gasteiger partial charge in [-0.2, -0.15) is 0 Å². The zero-order valence-corrected chi connectivity index (χ0v) is 18.0. The number of nitrogens with one attached hydrogen (secondary N) is 2. The number of rotatable bonds is 6. The number of benzene rings is 2. The molecule has 0 aliphatic heterocycles. The molecule has 0 fully saturated rings. The van der Waals surface area contributed by atoms with Gasteiger partial charge in [-0.05, 0) is 35.4 Å². The highest BCUT2D eigenvalue weighted by Crippen LogP contribution is 2.23. The van der Waals surface area contributed by atoms with E-state index in [1.54, 1.807) is 26.0 Å². The summed E-state index contributed by atoms with van der Waals surface area (Å²) < 4.78 is 0. The van der Waals surface area contributed by atoms with E-state index in [1.165, 1.54) is 5.56 Å². The van der Waals surface area contributed by atoms with Crippen molar-refractivity contribution in [2.24, 2.45) is 4.99 Å². The maximum atomic E-state index is 12.0. The zero-order valence-electron chi connectivity index (χ0n) is 17.2. The van der Waals surface area contributed by atoms with Gasteiger partial charge < -0.3 is 15.5 Å². The molecule has 0 spiro atoms. The van der Waals surface area contributed by atoms with Gasteiger partial charge in [0.25, 0.3) is 5.91 Å². The largest absolute Gasteiger partial charge is 0.356 e. The van der Waals surface area contributed by atoms with Crippen LogP contribution in [0.25, 0.3) is 0 Å². The molecule has 150 valence electrons. The van der Waals surface area contributed by atoms with Gasteiger partial charge >= 0.3 is 0 Å². The number of carbonyl (C=O) groups excluding carboxylic acids is 1. The summed E-state index contributed by atoms with van der Waals surface area (Å²) in [6, 6.07) is 15.5. The van der Waals surface area contributed by atoms with Gasteiger partial charge in [0.15, 0.2) is 5.96 Å². The Kier molecular flexibility index (Phi) is 7.46. The van der Waals surface area contributed by atoms with Crippen LogP contribution in [0.2, 0.25) is 5.02 Å². The molecule has 0 unspecified atom stereocenters. The van der Waals surface area contributed by atoms with E-state index in [9.17, 15) is 4.79 Å². The summed E-state index contributed by atoms with van der Waals surface area (Å²) in [6.07, 6.45) is 0. The lowest BCUT2D eigenvalue weighted by Gasteiger charge is -2.27. The van der Waals surface area contributed by atoms with Crippen LogP contribution in [0.3, 0.4) is 0 Å². The van der Waals surface area contributed by atoms with E-state index in [2.05, 4.69) is 41.6 Å². The molecule has 0 aromatic heterocycles. The van der Waals surface area contributed by atoms with Crippen LogP contribution in [-0.4, -0.2) is 44.5 Å². The lowest BCUT2D eigenvalue weighted by Crippen LogP contribution is -2.43. The molecule has 6 heteroatoms. The highest BCUT2D eigenvalue weighted by Gasteiger charge is 2.20. The standard InChI is InChI=1S/C22H29ClN4O/c1-22(2,18-10-12-19(23)13-11-18)15-26-21(24-3)25-14-16-6-8-17(9-7-16)20(28)27(4)5/h6-13H,14-15H2,1-5H3,(H2,24,25,26). The smallest absolute Gasteiger partial charge is 0.253 e. The second-order valence-corrected chi connectivity index (χ2v) is 8.00. The van der Waals surface area contributed by atoms with Gasteiger partial charge in [-0.15, -0.1) is 0 Å². The van der Waals surface area contributed by atoms with E-state index >= 15 is 0 Å². The maximum absolute atomic E-state index is 12.0. The van der Waals surface area contributed by atoms with Crippen LogP contribution in [0.15, 0.2) is 53.5 Å². The molecule has 5 nitrogen and oxygen atoms in total. The molecule has 2 N–H and O–H groups in total. The van der Waals surface area contributed by atoms with E-state index in [0.29, 0.717) is 12.1 Å². The number of aliphatic imine (C=N–C) groups is 1. The van der Waals surface area contributed by atoms with E-state index in [4.69, 9.17) is 11.6 Å². The van der Waals surface area contributed by atoms with Crippen molar-refractivity contribution in [1.82, 2.24) is 15.5 Å². The summed E-state index contributed by atoms with van der Waals surface area (Å²) in [6.45, 7) is 5.70. The van der Waals surface area contributed by atoms with Crippen LogP contribution in [0.5, 0.6) is 0 Å². The molecule has 2 aromatic rings. The van der Waals surface area contributed by atoms with Crippen molar-refractivity contribution < 1.29 is 4.79 Å². The molecule has 1 amide bonds. The van der Waals surface area contributed by atoms with Crippen molar-refractivity contribution in [1.29, 1.82) is 0 Å². The van der Waals surface area contributed by atoms with Crippen molar-refractivity contribution >= 4 is 23.5 Å². The fourth-order valence-corrected chi connectivity index (χ4v) is 2.86. The van der Waals surface area contributed by atoms with Crippen LogP contribution in [0.4, 0.5) is 0 Å². The minimum Gasteiger partial charge on any atom is -0.356 e. The van der Waals surface area contributed by atoms with Crippen LogP contribution < -0.4 is 10.6 Å². The molecule has 0 saturated carbocycles. The summed E-state index contributed by atoms with van der Waals surface area (Å²) in [5.41, 5.74) is 2.90. The molecule has 0 saturated heterocycles. The molecule has 28 heavy (non-hydrogen) atoms. The monoisotopic (exact) mass is 400 g/mol. The third-order valence-corrected chi connectivity index (χ3v) is 4.87. The van der Waals surface area contributed by atoms with Gasteiger partial charge in [0.1, 0.15) is 0 Å². The van der Waals surface area contributed by atoms with Crippen LogP contribution in [-0.2, 0) is 12.0 Å². The summed E-state index contributed by atoms with van der Waals surface area (Å²) in [5.74, 6) is 0.733. The lowest BCUT2D eigenvalue weighted by atomic mass is 9.85. The van der Waals surface area contributed by atoms with Crippen molar-refractivity contribution in [3.05, 3.63) is 70.2 Å². The topological polar surface area (TPSA) is 56.7 Å². The maximum Gasteiger partial charge on any atom is 0.253 e. The van der Waals surface area contributed by atoms with Crippen molar-refractivity contribution in [2.45, 2.75) is 25.8 Å². The molecule has 0 aliphatic rings. The van der Waals surface area contributed by atoms with E-state index < -0.39 is 0 Å². The summed E-state index contributed by atoms with van der Waals surface area (Å²) in [7, 11) is 5.25. The molecule has 0 atom stereocenters.